The Morgan fingerprint density at radius 2 is 1.77 bits per heavy atom. The first-order valence-electron chi connectivity index (χ1n) is 10.6. The van der Waals surface area contributed by atoms with Gasteiger partial charge in [0.1, 0.15) is 5.56 Å². The quantitative estimate of drug-likeness (QED) is 0.254. The van der Waals surface area contributed by atoms with E-state index in [9.17, 15) is 34.6 Å². The number of hydrazine groups is 1. The Morgan fingerprint density at radius 3 is 2.43 bits per heavy atom. The summed E-state index contributed by atoms with van der Waals surface area (Å²) in [4.78, 5) is 62.1. The van der Waals surface area contributed by atoms with Crippen LogP contribution in [-0.4, -0.2) is 37.6 Å². The zero-order valence-electron chi connectivity index (χ0n) is 18.4. The van der Waals surface area contributed by atoms with Crippen molar-refractivity contribution in [2.45, 2.75) is 19.9 Å². The molecule has 1 aliphatic carbocycles. The zero-order chi connectivity index (χ0) is 25.4. The van der Waals surface area contributed by atoms with Gasteiger partial charge < -0.3 is 0 Å². The van der Waals surface area contributed by atoms with Crippen LogP contribution in [0.15, 0.2) is 54.6 Å². The molecule has 0 N–H and O–H groups in total. The highest BCUT2D eigenvalue weighted by Gasteiger charge is 2.53. The molecule has 180 valence electrons. The molecule has 12 heteroatoms. The summed E-state index contributed by atoms with van der Waals surface area (Å²) in [6, 6.07) is 8.87. The van der Waals surface area contributed by atoms with Crippen LogP contribution in [0.2, 0.25) is 5.02 Å². The van der Waals surface area contributed by atoms with Crippen molar-refractivity contribution in [3.05, 3.63) is 91.0 Å². The third kappa shape index (κ3) is 4.26. The first-order chi connectivity index (χ1) is 16.6. The Hall–Kier alpha value is -4.12. The van der Waals surface area contributed by atoms with Gasteiger partial charge in [0.25, 0.3) is 29.1 Å². The predicted octanol–water partition coefficient (Wildman–Crippen LogP) is 3.91. The number of fused-ring (bicyclic) bond motifs is 1. The molecule has 4 rings (SSSR count). The highest BCUT2D eigenvalue weighted by Crippen LogP contribution is 2.40. The third-order valence-electron chi connectivity index (χ3n) is 6.22. The Kier molecular flexibility index (Phi) is 6.35. The van der Waals surface area contributed by atoms with E-state index in [0.717, 1.165) is 17.1 Å². The van der Waals surface area contributed by atoms with Gasteiger partial charge in [0.2, 0.25) is 0 Å². The van der Waals surface area contributed by atoms with E-state index < -0.39 is 57.3 Å². The lowest BCUT2D eigenvalue weighted by molar-refractivity contribution is -0.385. The van der Waals surface area contributed by atoms with Crippen LogP contribution in [0.1, 0.15) is 29.3 Å². The maximum atomic E-state index is 13.7. The maximum absolute atomic E-state index is 13.7. The number of carbonyl (C=O) groups is 3. The number of amides is 3. The molecule has 11 nitrogen and oxygen atoms in total. The molecule has 0 aromatic heterocycles. The number of benzene rings is 2. The number of para-hydroxylation sites is 1. The predicted molar refractivity (Wildman–Crippen MR) is 123 cm³/mol. The van der Waals surface area contributed by atoms with Crippen LogP contribution in [0.5, 0.6) is 0 Å². The van der Waals surface area contributed by atoms with Gasteiger partial charge in [-0.25, -0.2) is 5.01 Å². The van der Waals surface area contributed by atoms with Crippen molar-refractivity contribution in [2.24, 2.45) is 17.8 Å². The molecule has 0 spiro atoms. The Morgan fingerprint density at radius 1 is 1.09 bits per heavy atom. The number of rotatable bonds is 6. The molecule has 3 amide bonds. The van der Waals surface area contributed by atoms with Gasteiger partial charge in [0, 0.05) is 17.2 Å². The van der Waals surface area contributed by atoms with E-state index in [-0.39, 0.29) is 22.1 Å². The van der Waals surface area contributed by atoms with Crippen molar-refractivity contribution < 1.29 is 24.2 Å². The number of hydrogen-bond acceptors (Lipinski definition) is 7. The van der Waals surface area contributed by atoms with E-state index in [2.05, 4.69) is 0 Å². The van der Waals surface area contributed by atoms with Crippen LogP contribution in [-0.2, 0) is 16.1 Å². The van der Waals surface area contributed by atoms with E-state index >= 15 is 0 Å². The fourth-order valence-electron chi connectivity index (χ4n) is 4.56. The average molecular weight is 499 g/mol. The second-order valence-corrected chi connectivity index (χ2v) is 8.75. The van der Waals surface area contributed by atoms with Gasteiger partial charge in [-0.1, -0.05) is 42.8 Å². The molecule has 0 radical (unpaired) electrons. The Balaban J connectivity index is 1.84. The van der Waals surface area contributed by atoms with Crippen molar-refractivity contribution in [2.75, 3.05) is 0 Å². The molecule has 0 bridgehead atoms. The van der Waals surface area contributed by atoms with Crippen molar-refractivity contribution in [3.8, 4) is 0 Å². The van der Waals surface area contributed by atoms with Crippen LogP contribution in [0, 0.1) is 38.0 Å². The van der Waals surface area contributed by atoms with Crippen LogP contribution in [0.25, 0.3) is 0 Å². The van der Waals surface area contributed by atoms with Gasteiger partial charge in [-0.15, -0.1) is 0 Å². The van der Waals surface area contributed by atoms with Gasteiger partial charge in [0.05, 0.1) is 33.8 Å². The number of imide groups is 1. The molecule has 1 aliphatic heterocycles. The number of halogens is 1. The number of nitro benzene ring substituents is 2. The number of hydrogen-bond donors (Lipinski definition) is 0. The van der Waals surface area contributed by atoms with Crippen LogP contribution >= 0.6 is 11.6 Å². The van der Waals surface area contributed by atoms with Gasteiger partial charge >= 0.3 is 0 Å². The van der Waals surface area contributed by atoms with Crippen LogP contribution in [0.3, 0.4) is 0 Å². The summed E-state index contributed by atoms with van der Waals surface area (Å²) in [5.41, 5.74) is -1.33. The molecule has 0 saturated carbocycles. The number of nitrogens with zero attached hydrogens (tertiary/aromatic N) is 4. The number of carbonyl (C=O) groups excluding carboxylic acids is 3. The van der Waals surface area contributed by atoms with Crippen LogP contribution in [0.4, 0.5) is 11.4 Å². The molecule has 1 fully saturated rings. The van der Waals surface area contributed by atoms with Crippen molar-refractivity contribution >= 4 is 40.7 Å². The Bertz CT molecular complexity index is 1290. The lowest BCUT2D eigenvalue weighted by atomic mass is 9.78. The lowest BCUT2D eigenvalue weighted by Gasteiger charge is -2.30. The molecule has 0 unspecified atom stereocenters. The molecule has 35 heavy (non-hydrogen) atoms. The number of nitro groups is 2. The van der Waals surface area contributed by atoms with Crippen molar-refractivity contribution in [3.63, 3.8) is 0 Å². The standard InChI is InChI=1S/C23H19ClN4O7/c1-13-5-4-7-17-20(13)23(31)26(22(17)30)25(12-14-9-10-15(24)11-19(14)28(34)35)21(29)16-6-2-3-8-18(16)27(32)33/h2-6,8-11,13,17,20H,7,12H2,1H3/t13-,17-,20-/m1/s1. The van der Waals surface area contributed by atoms with E-state index in [1.165, 1.54) is 30.3 Å². The van der Waals surface area contributed by atoms with Crippen LogP contribution < -0.4 is 0 Å². The molecule has 1 heterocycles. The first kappa shape index (κ1) is 24.0. The highest BCUT2D eigenvalue weighted by molar-refractivity contribution is 6.30. The summed E-state index contributed by atoms with van der Waals surface area (Å²) in [7, 11) is 0. The van der Waals surface area contributed by atoms with E-state index in [1.54, 1.807) is 13.0 Å². The Labute approximate surface area is 203 Å². The second kappa shape index (κ2) is 9.26. The minimum Gasteiger partial charge on any atom is -0.272 e. The molecular weight excluding hydrogens is 480 g/mol. The zero-order valence-corrected chi connectivity index (χ0v) is 19.1. The topological polar surface area (TPSA) is 144 Å². The fourth-order valence-corrected chi connectivity index (χ4v) is 4.72. The molecule has 2 aliphatic rings. The summed E-state index contributed by atoms with van der Waals surface area (Å²) in [5, 5.41) is 24.7. The van der Waals surface area contributed by atoms with Gasteiger partial charge in [0.15, 0.2) is 0 Å². The van der Waals surface area contributed by atoms with Crippen molar-refractivity contribution in [1.29, 1.82) is 0 Å². The fraction of sp³-hybridized carbons (Fsp3) is 0.261. The minimum absolute atomic E-state index is 0.00650. The van der Waals surface area contributed by atoms with Gasteiger partial charge in [-0.05, 0) is 30.5 Å². The third-order valence-corrected chi connectivity index (χ3v) is 6.46. The lowest BCUT2D eigenvalue weighted by Crippen LogP contribution is -2.50. The summed E-state index contributed by atoms with van der Waals surface area (Å²) < 4.78 is 0. The summed E-state index contributed by atoms with van der Waals surface area (Å²) in [6.07, 6.45) is 3.90. The van der Waals surface area contributed by atoms with Gasteiger partial charge in [-0.3, -0.25) is 34.6 Å². The normalized spacial score (nSPS) is 21.1. The smallest absolute Gasteiger partial charge is 0.272 e. The average Bonchev–Trinajstić information content (AvgIpc) is 3.08. The van der Waals surface area contributed by atoms with Gasteiger partial charge in [-0.2, -0.15) is 5.01 Å². The minimum atomic E-state index is -1.01. The second-order valence-electron chi connectivity index (χ2n) is 8.31. The highest BCUT2D eigenvalue weighted by atomic mass is 35.5. The molecule has 2 aromatic carbocycles. The monoisotopic (exact) mass is 498 g/mol. The molecule has 2 aromatic rings. The number of allylic oxidation sites excluding steroid dienone is 2. The van der Waals surface area contributed by atoms with E-state index in [0.29, 0.717) is 11.4 Å². The molecule has 1 saturated heterocycles. The first-order valence-corrected chi connectivity index (χ1v) is 11.0. The van der Waals surface area contributed by atoms with Crippen molar-refractivity contribution in [1.82, 2.24) is 10.0 Å². The van der Waals surface area contributed by atoms with E-state index in [1.807, 2.05) is 6.08 Å². The molecule has 3 atom stereocenters. The largest absolute Gasteiger partial charge is 0.282 e. The SMILES string of the molecule is C[C@@H]1C=CC[C@H]2C(=O)N(N(Cc3ccc(Cl)cc3[N+](=O)[O-])C(=O)c3ccccc3[N+](=O)[O-])C(=O)[C@H]12. The summed E-state index contributed by atoms with van der Waals surface area (Å²) >= 11 is 5.90. The maximum Gasteiger partial charge on any atom is 0.282 e. The molecular formula is C23H19ClN4O7. The summed E-state index contributed by atoms with van der Waals surface area (Å²) in [6.45, 7) is 1.22. The van der Waals surface area contributed by atoms with E-state index in [4.69, 9.17) is 11.6 Å². The summed E-state index contributed by atoms with van der Waals surface area (Å²) in [5.74, 6) is -3.98.